The molecule has 0 atom stereocenters. The number of carbonyl (C=O) groups excluding carboxylic acids is 1. The minimum Gasteiger partial charge on any atom is -0.444 e. The van der Waals surface area contributed by atoms with Crippen LogP contribution in [0.1, 0.15) is 37.7 Å². The maximum atomic E-state index is 13.4. The number of carbonyl (C=O) groups is 1. The van der Waals surface area contributed by atoms with Gasteiger partial charge in [0.15, 0.2) is 0 Å². The summed E-state index contributed by atoms with van der Waals surface area (Å²) in [5.74, 6) is 0.333. The van der Waals surface area contributed by atoms with E-state index >= 15 is 0 Å². The number of benzene rings is 2. The zero-order valence-electron chi connectivity index (χ0n) is 17.8. The van der Waals surface area contributed by atoms with Crippen LogP contribution in [0.4, 0.5) is 4.79 Å². The first-order valence-corrected chi connectivity index (χ1v) is 10.1. The van der Waals surface area contributed by atoms with E-state index in [0.717, 1.165) is 0 Å². The Morgan fingerprint density at radius 3 is 2.44 bits per heavy atom. The van der Waals surface area contributed by atoms with Gasteiger partial charge in [-0.05, 0) is 51.1 Å². The summed E-state index contributed by atoms with van der Waals surface area (Å²) in [5.41, 5.74) is 0.0864. The molecule has 32 heavy (non-hydrogen) atoms. The second-order valence-electron chi connectivity index (χ2n) is 7.97. The van der Waals surface area contributed by atoms with Gasteiger partial charge in [-0.25, -0.2) is 9.78 Å². The van der Waals surface area contributed by atoms with Crippen molar-refractivity contribution < 1.29 is 9.53 Å². The van der Waals surface area contributed by atoms with Gasteiger partial charge in [0.1, 0.15) is 11.4 Å². The van der Waals surface area contributed by atoms with Crippen molar-refractivity contribution in [2.75, 3.05) is 6.54 Å². The molecular weight excluding hydrogens is 430 g/mol. The van der Waals surface area contributed by atoms with Crippen LogP contribution < -0.4 is 10.9 Å². The minimum absolute atomic E-state index is 0.149. The molecule has 0 saturated carbocycles. The fraction of sp³-hybridized carbons (Fsp3) is 0.261. The van der Waals surface area contributed by atoms with Crippen LogP contribution in [-0.2, 0) is 11.2 Å². The first-order chi connectivity index (χ1) is 15.1. The van der Waals surface area contributed by atoms with Crippen LogP contribution in [0.15, 0.2) is 41.2 Å². The molecule has 0 aliphatic carbocycles. The third-order valence-electron chi connectivity index (χ3n) is 4.37. The van der Waals surface area contributed by atoms with Gasteiger partial charge in [-0.3, -0.25) is 9.36 Å². The standard InChI is InChI=1S/C23H20ClN5O3/c1-23(2,3)32-22(31)27-8-7-19-28-18-6-4-5-17(24)20(18)21(30)29(19)16-10-14(12-25)9-15(11-16)13-26/h4-6,9-11H,7-8H2,1-3H3,(H,27,31). The number of hydrogen-bond acceptors (Lipinski definition) is 6. The highest BCUT2D eigenvalue weighted by atomic mass is 35.5. The summed E-state index contributed by atoms with van der Waals surface area (Å²) in [6.45, 7) is 5.42. The summed E-state index contributed by atoms with van der Waals surface area (Å²) in [7, 11) is 0. The SMILES string of the molecule is CC(C)(C)OC(=O)NCCc1nc2cccc(Cl)c2c(=O)n1-c1cc(C#N)cc(C#N)c1. The molecule has 0 aliphatic heterocycles. The van der Waals surface area contributed by atoms with E-state index in [1.807, 2.05) is 12.1 Å². The predicted molar refractivity (Wildman–Crippen MR) is 120 cm³/mol. The molecule has 1 heterocycles. The zero-order valence-corrected chi connectivity index (χ0v) is 18.5. The first-order valence-electron chi connectivity index (χ1n) is 9.75. The van der Waals surface area contributed by atoms with Crippen molar-refractivity contribution in [3.63, 3.8) is 0 Å². The molecule has 3 rings (SSSR count). The molecule has 1 amide bonds. The average molecular weight is 450 g/mol. The summed E-state index contributed by atoms with van der Waals surface area (Å²) in [4.78, 5) is 30.0. The molecule has 1 aromatic heterocycles. The molecular formula is C23H20ClN5O3. The van der Waals surface area contributed by atoms with Crippen LogP contribution in [-0.4, -0.2) is 27.8 Å². The number of ether oxygens (including phenoxy) is 1. The molecule has 0 saturated heterocycles. The van der Waals surface area contributed by atoms with Crippen molar-refractivity contribution in [1.82, 2.24) is 14.9 Å². The van der Waals surface area contributed by atoms with Crippen LogP contribution in [0.25, 0.3) is 16.6 Å². The fourth-order valence-electron chi connectivity index (χ4n) is 3.13. The van der Waals surface area contributed by atoms with E-state index in [-0.39, 0.29) is 34.5 Å². The second kappa shape index (κ2) is 9.09. The second-order valence-corrected chi connectivity index (χ2v) is 8.38. The number of amides is 1. The Kier molecular flexibility index (Phi) is 6.47. The molecule has 162 valence electrons. The smallest absolute Gasteiger partial charge is 0.407 e. The number of nitrogens with zero attached hydrogens (tertiary/aromatic N) is 4. The molecule has 0 aliphatic rings. The van der Waals surface area contributed by atoms with Crippen LogP contribution >= 0.6 is 11.6 Å². The lowest BCUT2D eigenvalue weighted by molar-refractivity contribution is 0.0528. The molecule has 1 N–H and O–H groups in total. The van der Waals surface area contributed by atoms with Crippen LogP contribution in [0.5, 0.6) is 0 Å². The number of fused-ring (bicyclic) bond motifs is 1. The van der Waals surface area contributed by atoms with Crippen molar-refractivity contribution >= 4 is 28.6 Å². The van der Waals surface area contributed by atoms with Gasteiger partial charge in [-0.2, -0.15) is 10.5 Å². The zero-order chi connectivity index (χ0) is 23.5. The Labute approximate surface area is 189 Å². The van der Waals surface area contributed by atoms with Crippen LogP contribution in [0.2, 0.25) is 5.02 Å². The third kappa shape index (κ3) is 5.05. The lowest BCUT2D eigenvalue weighted by Crippen LogP contribution is -2.34. The molecule has 9 heteroatoms. The van der Waals surface area contributed by atoms with E-state index in [0.29, 0.717) is 17.0 Å². The van der Waals surface area contributed by atoms with E-state index in [1.165, 1.54) is 22.8 Å². The van der Waals surface area contributed by atoms with E-state index < -0.39 is 17.3 Å². The summed E-state index contributed by atoms with van der Waals surface area (Å²) in [6.07, 6.45) is -0.399. The van der Waals surface area contributed by atoms with Crippen molar-refractivity contribution in [3.8, 4) is 17.8 Å². The molecule has 8 nitrogen and oxygen atoms in total. The van der Waals surface area contributed by atoms with E-state index in [9.17, 15) is 20.1 Å². The largest absolute Gasteiger partial charge is 0.444 e. The number of halogens is 1. The van der Waals surface area contributed by atoms with E-state index in [2.05, 4.69) is 10.3 Å². The lowest BCUT2D eigenvalue weighted by Gasteiger charge is -2.20. The fourth-order valence-corrected chi connectivity index (χ4v) is 3.38. The maximum Gasteiger partial charge on any atom is 0.407 e. The van der Waals surface area contributed by atoms with Gasteiger partial charge >= 0.3 is 6.09 Å². The van der Waals surface area contributed by atoms with Crippen LogP contribution in [0.3, 0.4) is 0 Å². The normalized spacial score (nSPS) is 10.9. The van der Waals surface area contributed by atoms with Crippen molar-refractivity contribution in [2.24, 2.45) is 0 Å². The Hall–Kier alpha value is -3.88. The highest BCUT2D eigenvalue weighted by Gasteiger charge is 2.18. The number of nitriles is 2. The number of aromatic nitrogens is 2. The molecule has 2 aromatic carbocycles. The van der Waals surface area contributed by atoms with E-state index in [4.69, 9.17) is 16.3 Å². The molecule has 0 spiro atoms. The number of rotatable bonds is 4. The van der Waals surface area contributed by atoms with Gasteiger partial charge in [0.05, 0.1) is 44.9 Å². The van der Waals surface area contributed by atoms with Gasteiger partial charge in [0.2, 0.25) is 0 Å². The Morgan fingerprint density at radius 2 is 1.84 bits per heavy atom. The number of alkyl carbamates (subject to hydrolysis) is 1. The quantitative estimate of drug-likeness (QED) is 0.645. The predicted octanol–water partition coefficient (Wildman–Crippen LogP) is 3.85. The monoisotopic (exact) mass is 449 g/mol. The summed E-state index contributed by atoms with van der Waals surface area (Å²) in [6, 6.07) is 13.4. The van der Waals surface area contributed by atoms with Crippen LogP contribution in [0, 0.1) is 22.7 Å². The molecule has 0 bridgehead atoms. The van der Waals surface area contributed by atoms with Gasteiger partial charge in [0, 0.05) is 13.0 Å². The highest BCUT2D eigenvalue weighted by Crippen LogP contribution is 2.21. The Balaban J connectivity index is 2.10. The summed E-state index contributed by atoms with van der Waals surface area (Å²) in [5, 5.41) is 21.8. The number of hydrogen-bond donors (Lipinski definition) is 1. The third-order valence-corrected chi connectivity index (χ3v) is 4.68. The van der Waals surface area contributed by atoms with Gasteiger partial charge in [-0.1, -0.05) is 17.7 Å². The maximum absolute atomic E-state index is 13.4. The molecule has 0 radical (unpaired) electrons. The van der Waals surface area contributed by atoms with Crippen molar-refractivity contribution in [3.05, 3.63) is 68.7 Å². The van der Waals surface area contributed by atoms with Gasteiger partial charge < -0.3 is 10.1 Å². The van der Waals surface area contributed by atoms with Crippen molar-refractivity contribution in [1.29, 1.82) is 10.5 Å². The number of nitrogens with one attached hydrogen (secondary N) is 1. The highest BCUT2D eigenvalue weighted by molar-refractivity contribution is 6.35. The molecule has 3 aromatic rings. The average Bonchev–Trinajstić information content (AvgIpc) is 2.72. The topological polar surface area (TPSA) is 121 Å². The summed E-state index contributed by atoms with van der Waals surface area (Å²) >= 11 is 6.27. The first kappa shape index (κ1) is 22.8. The van der Waals surface area contributed by atoms with Crippen molar-refractivity contribution in [2.45, 2.75) is 32.8 Å². The summed E-state index contributed by atoms with van der Waals surface area (Å²) < 4.78 is 6.54. The molecule has 0 fully saturated rings. The lowest BCUT2D eigenvalue weighted by atomic mass is 10.1. The van der Waals surface area contributed by atoms with Gasteiger partial charge in [0.25, 0.3) is 5.56 Å². The minimum atomic E-state index is -0.643. The molecule has 0 unspecified atom stereocenters. The van der Waals surface area contributed by atoms with E-state index in [1.54, 1.807) is 39.0 Å². The Bertz CT molecular complexity index is 1310. The van der Waals surface area contributed by atoms with Gasteiger partial charge in [-0.15, -0.1) is 0 Å². The Morgan fingerprint density at radius 1 is 1.19 bits per heavy atom.